The zero-order valence-electron chi connectivity index (χ0n) is 17.4. The lowest BCUT2D eigenvalue weighted by Gasteiger charge is -2.16. The summed E-state index contributed by atoms with van der Waals surface area (Å²) in [5.74, 6) is -0.428. The van der Waals surface area contributed by atoms with E-state index < -0.39 is 0 Å². The van der Waals surface area contributed by atoms with Crippen LogP contribution >= 0.6 is 11.3 Å². The normalized spacial score (nSPS) is 12.9. The average Bonchev–Trinajstić information content (AvgIpc) is 3.52. The van der Waals surface area contributed by atoms with E-state index in [0.717, 1.165) is 38.2 Å². The monoisotopic (exact) mass is 443 g/mol. The first-order chi connectivity index (χ1) is 15.5. The van der Waals surface area contributed by atoms with E-state index in [-0.39, 0.29) is 18.4 Å². The minimum absolute atomic E-state index is 0.151. The molecule has 7 nitrogen and oxygen atoms in total. The van der Waals surface area contributed by atoms with E-state index in [1.165, 1.54) is 0 Å². The molecule has 4 N–H and O–H groups in total. The average molecular weight is 444 g/mol. The van der Waals surface area contributed by atoms with Gasteiger partial charge in [0.2, 0.25) is 5.91 Å². The van der Waals surface area contributed by atoms with Gasteiger partial charge in [0.15, 0.2) is 0 Å². The van der Waals surface area contributed by atoms with Gasteiger partial charge in [-0.05, 0) is 52.4 Å². The molecule has 4 aromatic rings. The third-order valence-electron chi connectivity index (χ3n) is 5.70. The van der Waals surface area contributed by atoms with Crippen LogP contribution in [0.4, 0.5) is 5.69 Å². The van der Waals surface area contributed by atoms with E-state index in [4.69, 9.17) is 5.73 Å². The quantitative estimate of drug-likeness (QED) is 0.322. The van der Waals surface area contributed by atoms with Crippen LogP contribution in [0, 0.1) is 0 Å². The van der Waals surface area contributed by atoms with Crippen molar-refractivity contribution < 1.29 is 9.59 Å². The summed E-state index contributed by atoms with van der Waals surface area (Å²) in [5.41, 5.74) is 12.2. The Morgan fingerprint density at radius 2 is 2.09 bits per heavy atom. The second-order valence-electron chi connectivity index (χ2n) is 7.75. The smallest absolute Gasteiger partial charge is 0.254 e. The lowest BCUT2D eigenvalue weighted by molar-refractivity contribution is -0.117. The van der Waals surface area contributed by atoms with E-state index in [2.05, 4.69) is 28.2 Å². The number of H-pyrrole nitrogens is 1. The number of thiophene rings is 1. The molecular formula is C24H21N5O2S. The maximum Gasteiger partial charge on any atom is 0.254 e. The van der Waals surface area contributed by atoms with Crippen LogP contribution in [0.25, 0.3) is 32.6 Å². The van der Waals surface area contributed by atoms with E-state index in [9.17, 15) is 9.59 Å². The molecule has 0 fully saturated rings. The van der Waals surface area contributed by atoms with Crippen LogP contribution in [0.3, 0.4) is 0 Å². The number of fused-ring (bicyclic) bond motifs is 2. The number of benzene rings is 2. The molecule has 5 rings (SSSR count). The molecule has 2 amide bonds. The standard InChI is InChI=1S/C24H21N5O2S/c1-13(23(30)26-2)11-29-12-19-16(9-15(25)10-17(19)24(29)31)14-5-6-20-18(8-14)22(28-27-20)21-4-3-7-32-21/h3-10H,1,11-12,25H2,2H3,(H,26,30)(H,27,28). The number of carbonyl (C=O) groups excluding carboxylic acids is 2. The summed E-state index contributed by atoms with van der Waals surface area (Å²) in [6.45, 7) is 4.36. The molecule has 2 aromatic heterocycles. The molecule has 0 saturated heterocycles. The summed E-state index contributed by atoms with van der Waals surface area (Å²) >= 11 is 1.64. The van der Waals surface area contributed by atoms with Gasteiger partial charge in [-0.3, -0.25) is 14.7 Å². The number of rotatable bonds is 5. The maximum absolute atomic E-state index is 13.0. The van der Waals surface area contributed by atoms with Crippen molar-refractivity contribution in [3.63, 3.8) is 0 Å². The molecule has 160 valence electrons. The van der Waals surface area contributed by atoms with Crippen LogP contribution in [0.2, 0.25) is 0 Å². The second kappa shape index (κ2) is 7.65. The largest absolute Gasteiger partial charge is 0.399 e. The van der Waals surface area contributed by atoms with Gasteiger partial charge in [-0.2, -0.15) is 5.10 Å². The van der Waals surface area contributed by atoms with Crippen LogP contribution in [-0.2, 0) is 11.3 Å². The predicted octanol–water partition coefficient (Wildman–Crippen LogP) is 3.80. The van der Waals surface area contributed by atoms with Crippen molar-refractivity contribution in [1.29, 1.82) is 0 Å². The van der Waals surface area contributed by atoms with Crippen molar-refractivity contribution in [2.75, 3.05) is 19.3 Å². The highest BCUT2D eigenvalue weighted by Gasteiger charge is 2.31. The summed E-state index contributed by atoms with van der Waals surface area (Å²) in [4.78, 5) is 27.6. The number of aromatic nitrogens is 2. The Kier molecular flexibility index (Phi) is 4.79. The van der Waals surface area contributed by atoms with Gasteiger partial charge >= 0.3 is 0 Å². The Hall–Kier alpha value is -3.91. The molecular weight excluding hydrogens is 422 g/mol. The summed E-state index contributed by atoms with van der Waals surface area (Å²) in [6, 6.07) is 13.7. The number of anilines is 1. The number of nitrogens with one attached hydrogen (secondary N) is 2. The van der Waals surface area contributed by atoms with Gasteiger partial charge in [0.05, 0.1) is 16.9 Å². The number of hydrogen-bond acceptors (Lipinski definition) is 5. The van der Waals surface area contributed by atoms with E-state index in [1.807, 2.05) is 35.7 Å². The fraction of sp³-hybridized carbons (Fsp3) is 0.125. The molecule has 0 radical (unpaired) electrons. The van der Waals surface area contributed by atoms with Gasteiger partial charge in [-0.25, -0.2) is 0 Å². The SMILES string of the molecule is C=C(CN1Cc2c(cc(N)cc2-c2ccc3[nH]nc(-c4cccs4)c3c2)C1=O)C(=O)NC. The number of nitrogens with zero attached hydrogens (tertiary/aromatic N) is 2. The highest BCUT2D eigenvalue weighted by Crippen LogP contribution is 2.38. The van der Waals surface area contributed by atoms with Crippen LogP contribution in [0.1, 0.15) is 15.9 Å². The Bertz CT molecular complexity index is 1390. The Balaban J connectivity index is 1.57. The highest BCUT2D eigenvalue weighted by atomic mass is 32.1. The number of aromatic amines is 1. The zero-order valence-corrected chi connectivity index (χ0v) is 18.3. The van der Waals surface area contributed by atoms with Crippen molar-refractivity contribution in [1.82, 2.24) is 20.4 Å². The van der Waals surface area contributed by atoms with Gasteiger partial charge in [0.1, 0.15) is 5.69 Å². The summed E-state index contributed by atoms with van der Waals surface area (Å²) in [6.07, 6.45) is 0. The van der Waals surface area contributed by atoms with E-state index in [0.29, 0.717) is 23.4 Å². The molecule has 3 heterocycles. The van der Waals surface area contributed by atoms with Crippen molar-refractivity contribution in [2.24, 2.45) is 0 Å². The summed E-state index contributed by atoms with van der Waals surface area (Å²) in [5, 5.41) is 13.2. The fourth-order valence-corrected chi connectivity index (χ4v) is 4.86. The number of amides is 2. The van der Waals surface area contributed by atoms with Crippen molar-refractivity contribution in [2.45, 2.75) is 6.54 Å². The molecule has 1 aliphatic heterocycles. The van der Waals surface area contributed by atoms with Gasteiger partial charge in [0.25, 0.3) is 5.91 Å². The van der Waals surface area contributed by atoms with Gasteiger partial charge in [0, 0.05) is 35.8 Å². The van der Waals surface area contributed by atoms with Crippen LogP contribution in [-0.4, -0.2) is 40.5 Å². The fourth-order valence-electron chi connectivity index (χ4n) is 4.14. The molecule has 0 spiro atoms. The van der Waals surface area contributed by atoms with Crippen LogP contribution in [0.15, 0.2) is 60.0 Å². The van der Waals surface area contributed by atoms with Gasteiger partial charge < -0.3 is 16.0 Å². The molecule has 0 atom stereocenters. The molecule has 32 heavy (non-hydrogen) atoms. The molecule has 2 aromatic carbocycles. The number of nitrogen functional groups attached to an aromatic ring is 1. The van der Waals surface area contributed by atoms with Crippen molar-refractivity contribution >= 4 is 39.7 Å². The van der Waals surface area contributed by atoms with Gasteiger partial charge in [-0.15, -0.1) is 11.3 Å². The summed E-state index contributed by atoms with van der Waals surface area (Å²) < 4.78 is 0. The van der Waals surface area contributed by atoms with Crippen LogP contribution in [0.5, 0.6) is 0 Å². The third kappa shape index (κ3) is 3.25. The highest BCUT2D eigenvalue weighted by molar-refractivity contribution is 7.13. The molecule has 1 aliphatic rings. The Labute approximate surface area is 188 Å². The minimum Gasteiger partial charge on any atom is -0.399 e. The number of likely N-dealkylation sites (N-methyl/N-ethyl adjacent to an activating group) is 1. The van der Waals surface area contributed by atoms with Gasteiger partial charge in [-0.1, -0.05) is 18.7 Å². The lowest BCUT2D eigenvalue weighted by Crippen LogP contribution is -2.31. The second-order valence-corrected chi connectivity index (χ2v) is 8.70. The molecule has 0 aliphatic carbocycles. The number of carbonyl (C=O) groups is 2. The Morgan fingerprint density at radius 1 is 1.28 bits per heavy atom. The number of hydrogen-bond donors (Lipinski definition) is 3. The van der Waals surface area contributed by atoms with Crippen molar-refractivity contribution in [3.8, 4) is 21.7 Å². The Morgan fingerprint density at radius 3 is 2.84 bits per heavy atom. The van der Waals surface area contributed by atoms with Crippen molar-refractivity contribution in [3.05, 3.63) is 71.1 Å². The first-order valence-electron chi connectivity index (χ1n) is 10.1. The predicted molar refractivity (Wildman–Crippen MR) is 127 cm³/mol. The molecule has 8 heteroatoms. The third-order valence-corrected chi connectivity index (χ3v) is 6.57. The van der Waals surface area contributed by atoms with E-state index >= 15 is 0 Å². The van der Waals surface area contributed by atoms with E-state index in [1.54, 1.807) is 29.4 Å². The molecule has 0 unspecified atom stereocenters. The number of nitrogens with two attached hydrogens (primary N) is 1. The zero-order chi connectivity index (χ0) is 22.4. The topological polar surface area (TPSA) is 104 Å². The molecule has 0 bridgehead atoms. The molecule has 0 saturated carbocycles. The lowest BCUT2D eigenvalue weighted by atomic mass is 9.95. The first kappa shape index (κ1) is 20.0. The summed E-state index contributed by atoms with van der Waals surface area (Å²) in [7, 11) is 1.54. The van der Waals surface area contributed by atoms with Crippen LogP contribution < -0.4 is 11.1 Å². The first-order valence-corrected chi connectivity index (χ1v) is 11.0. The maximum atomic E-state index is 13.0. The minimum atomic E-state index is -0.278.